The van der Waals surface area contributed by atoms with Crippen molar-refractivity contribution in [3.8, 4) is 0 Å². The van der Waals surface area contributed by atoms with Gasteiger partial charge in [0.05, 0.1) is 19.8 Å². The summed E-state index contributed by atoms with van der Waals surface area (Å²) in [5, 5.41) is 3.24. The predicted octanol–water partition coefficient (Wildman–Crippen LogP) is 2.04. The second-order valence-corrected chi connectivity index (χ2v) is 7.42. The van der Waals surface area contributed by atoms with Gasteiger partial charge in [-0.1, -0.05) is 38.3 Å². The largest absolute Gasteiger partial charge is 0.379 e. The zero-order valence-corrected chi connectivity index (χ0v) is 15.6. The minimum atomic E-state index is 0.135. The molecule has 1 aliphatic carbocycles. The van der Waals surface area contributed by atoms with Crippen LogP contribution in [0.25, 0.3) is 0 Å². The van der Waals surface area contributed by atoms with E-state index in [4.69, 9.17) is 4.74 Å². The monoisotopic (exact) mass is 337 g/mol. The van der Waals surface area contributed by atoms with Gasteiger partial charge in [-0.2, -0.15) is 0 Å². The molecule has 1 N–H and O–H groups in total. The standard InChI is InChI=1S/C19H35N3O2/c1-4-21(14-17(2)3)15-18(23)20-16-19(8-6-5-7-9-19)22-10-12-24-13-11-22/h2,4-16H2,1,3H3,(H,20,23). The third kappa shape index (κ3) is 5.57. The van der Waals surface area contributed by atoms with Crippen molar-refractivity contribution < 1.29 is 9.53 Å². The van der Waals surface area contributed by atoms with Crippen LogP contribution in [-0.2, 0) is 9.53 Å². The highest BCUT2D eigenvalue weighted by molar-refractivity contribution is 5.78. The lowest BCUT2D eigenvalue weighted by atomic mass is 9.79. The van der Waals surface area contributed by atoms with Gasteiger partial charge in [0.2, 0.25) is 5.91 Å². The Hall–Kier alpha value is -0.910. The van der Waals surface area contributed by atoms with Gasteiger partial charge in [0.25, 0.3) is 0 Å². The van der Waals surface area contributed by atoms with Crippen molar-refractivity contribution in [2.24, 2.45) is 0 Å². The molecule has 0 atom stereocenters. The Kier molecular flexibility index (Phi) is 7.72. The molecule has 2 rings (SSSR count). The normalized spacial score (nSPS) is 21.6. The molecular weight excluding hydrogens is 302 g/mol. The lowest BCUT2D eigenvalue weighted by Crippen LogP contribution is -2.60. The first-order valence-corrected chi connectivity index (χ1v) is 9.52. The summed E-state index contributed by atoms with van der Waals surface area (Å²) in [6, 6.07) is 0. The number of morpholine rings is 1. The number of nitrogens with one attached hydrogen (secondary N) is 1. The van der Waals surface area contributed by atoms with E-state index >= 15 is 0 Å². The van der Waals surface area contributed by atoms with Crippen molar-refractivity contribution in [3.05, 3.63) is 12.2 Å². The zero-order chi connectivity index (χ0) is 17.4. The Balaban J connectivity index is 1.89. The zero-order valence-electron chi connectivity index (χ0n) is 15.6. The molecule has 1 aliphatic heterocycles. The second-order valence-electron chi connectivity index (χ2n) is 7.42. The molecule has 0 bridgehead atoms. The molecule has 0 aromatic heterocycles. The fraction of sp³-hybridized carbons (Fsp3) is 0.842. The summed E-state index contributed by atoms with van der Waals surface area (Å²) >= 11 is 0. The van der Waals surface area contributed by atoms with E-state index in [1.54, 1.807) is 0 Å². The average molecular weight is 338 g/mol. The van der Waals surface area contributed by atoms with Crippen LogP contribution in [0.15, 0.2) is 12.2 Å². The first kappa shape index (κ1) is 19.4. The molecule has 0 unspecified atom stereocenters. The van der Waals surface area contributed by atoms with Crippen LogP contribution in [0.5, 0.6) is 0 Å². The summed E-state index contributed by atoms with van der Waals surface area (Å²) in [5.41, 5.74) is 1.24. The van der Waals surface area contributed by atoms with Gasteiger partial charge in [-0.05, 0) is 26.3 Å². The lowest BCUT2D eigenvalue weighted by molar-refractivity contribution is -0.123. The van der Waals surface area contributed by atoms with Crippen molar-refractivity contribution in [2.75, 3.05) is 52.5 Å². The minimum absolute atomic E-state index is 0.135. The Morgan fingerprint density at radius 1 is 1.21 bits per heavy atom. The molecule has 138 valence electrons. The summed E-state index contributed by atoms with van der Waals surface area (Å²) in [7, 11) is 0. The number of hydrogen-bond donors (Lipinski definition) is 1. The van der Waals surface area contributed by atoms with Crippen LogP contribution in [0.1, 0.15) is 46.0 Å². The van der Waals surface area contributed by atoms with Gasteiger partial charge >= 0.3 is 0 Å². The Morgan fingerprint density at radius 3 is 2.46 bits per heavy atom. The number of nitrogens with zero attached hydrogens (tertiary/aromatic N) is 2. The van der Waals surface area contributed by atoms with Crippen LogP contribution < -0.4 is 5.32 Å². The fourth-order valence-corrected chi connectivity index (χ4v) is 4.04. The van der Waals surface area contributed by atoms with E-state index in [0.717, 1.165) is 51.5 Å². The Labute approximate surface area is 147 Å². The topological polar surface area (TPSA) is 44.8 Å². The van der Waals surface area contributed by atoms with Gasteiger partial charge in [0.15, 0.2) is 0 Å². The molecule has 5 nitrogen and oxygen atoms in total. The molecular formula is C19H35N3O2. The number of amides is 1. The maximum atomic E-state index is 12.4. The second kappa shape index (κ2) is 9.54. The number of carbonyl (C=O) groups is 1. The van der Waals surface area contributed by atoms with Crippen LogP contribution in [0.4, 0.5) is 0 Å². The van der Waals surface area contributed by atoms with Crippen molar-refractivity contribution in [2.45, 2.75) is 51.5 Å². The number of hydrogen-bond acceptors (Lipinski definition) is 4. The quantitative estimate of drug-likeness (QED) is 0.689. The molecule has 1 amide bonds. The summed E-state index contributed by atoms with van der Waals surface area (Å²) in [4.78, 5) is 17.1. The molecule has 5 heteroatoms. The molecule has 1 saturated heterocycles. The summed E-state index contributed by atoms with van der Waals surface area (Å²) < 4.78 is 5.52. The maximum absolute atomic E-state index is 12.4. The van der Waals surface area contributed by atoms with E-state index in [2.05, 4.69) is 28.6 Å². The highest BCUT2D eigenvalue weighted by Crippen LogP contribution is 2.33. The molecule has 0 spiro atoms. The van der Waals surface area contributed by atoms with Crippen molar-refractivity contribution >= 4 is 5.91 Å². The molecule has 0 aromatic rings. The number of likely N-dealkylation sites (N-methyl/N-ethyl adjacent to an activating group) is 1. The fourth-order valence-electron chi connectivity index (χ4n) is 4.04. The van der Waals surface area contributed by atoms with Crippen molar-refractivity contribution in [1.29, 1.82) is 0 Å². The first-order valence-electron chi connectivity index (χ1n) is 9.52. The average Bonchev–Trinajstić information content (AvgIpc) is 2.60. The van der Waals surface area contributed by atoms with Gasteiger partial charge < -0.3 is 10.1 Å². The molecule has 1 saturated carbocycles. The van der Waals surface area contributed by atoms with E-state index < -0.39 is 0 Å². The van der Waals surface area contributed by atoms with Crippen LogP contribution in [-0.4, -0.2) is 73.7 Å². The lowest BCUT2D eigenvalue weighted by Gasteiger charge is -2.48. The minimum Gasteiger partial charge on any atom is -0.379 e. The van der Waals surface area contributed by atoms with Crippen LogP contribution in [0.2, 0.25) is 0 Å². The molecule has 2 aliphatic rings. The number of ether oxygens (including phenoxy) is 1. The maximum Gasteiger partial charge on any atom is 0.234 e. The molecule has 24 heavy (non-hydrogen) atoms. The molecule has 1 heterocycles. The van der Waals surface area contributed by atoms with Crippen LogP contribution in [0, 0.1) is 0 Å². The van der Waals surface area contributed by atoms with Crippen LogP contribution in [0.3, 0.4) is 0 Å². The first-order chi connectivity index (χ1) is 11.6. The number of rotatable bonds is 8. The third-order valence-electron chi connectivity index (χ3n) is 5.39. The molecule has 0 radical (unpaired) electrons. The van der Waals surface area contributed by atoms with E-state index in [1.807, 2.05) is 6.92 Å². The van der Waals surface area contributed by atoms with Crippen molar-refractivity contribution in [1.82, 2.24) is 15.1 Å². The summed E-state index contributed by atoms with van der Waals surface area (Å²) in [6.45, 7) is 14.6. The smallest absolute Gasteiger partial charge is 0.234 e. The number of carbonyl (C=O) groups excluding carboxylic acids is 1. The van der Waals surface area contributed by atoms with Gasteiger partial charge in [-0.25, -0.2) is 0 Å². The van der Waals surface area contributed by atoms with Gasteiger partial charge in [0.1, 0.15) is 0 Å². The van der Waals surface area contributed by atoms with Crippen LogP contribution >= 0.6 is 0 Å². The van der Waals surface area contributed by atoms with Crippen molar-refractivity contribution in [3.63, 3.8) is 0 Å². The van der Waals surface area contributed by atoms with E-state index in [9.17, 15) is 4.79 Å². The van der Waals surface area contributed by atoms with E-state index in [1.165, 1.54) is 32.1 Å². The molecule has 2 fully saturated rings. The van der Waals surface area contributed by atoms with E-state index in [0.29, 0.717) is 6.54 Å². The predicted molar refractivity (Wildman–Crippen MR) is 98.1 cm³/mol. The SMILES string of the molecule is C=C(C)CN(CC)CC(=O)NCC1(N2CCOCC2)CCCCC1. The van der Waals surface area contributed by atoms with Gasteiger partial charge in [-0.3, -0.25) is 14.6 Å². The Bertz CT molecular complexity index is 413. The van der Waals surface area contributed by atoms with Gasteiger partial charge in [-0.15, -0.1) is 0 Å². The third-order valence-corrected chi connectivity index (χ3v) is 5.39. The highest BCUT2D eigenvalue weighted by Gasteiger charge is 2.38. The van der Waals surface area contributed by atoms with Gasteiger partial charge in [0, 0.05) is 31.7 Å². The summed E-state index contributed by atoms with van der Waals surface area (Å²) in [5.74, 6) is 0.135. The Morgan fingerprint density at radius 2 is 1.88 bits per heavy atom. The highest BCUT2D eigenvalue weighted by atomic mass is 16.5. The van der Waals surface area contributed by atoms with E-state index in [-0.39, 0.29) is 11.4 Å². The summed E-state index contributed by atoms with van der Waals surface area (Å²) in [6.07, 6.45) is 6.24. The molecule has 0 aromatic carbocycles.